The molecule has 14 heavy (non-hydrogen) atoms. The third kappa shape index (κ3) is 4.29. The summed E-state index contributed by atoms with van der Waals surface area (Å²) in [5, 5.41) is 8.70. The van der Waals surface area contributed by atoms with Crippen LogP contribution in [0, 0.1) is 18.3 Å². The first-order valence-corrected chi connectivity index (χ1v) is 4.92. The van der Waals surface area contributed by atoms with Crippen LogP contribution in [0.2, 0.25) is 0 Å². The van der Waals surface area contributed by atoms with Gasteiger partial charge in [0.1, 0.15) is 0 Å². The smallest absolute Gasteiger partial charge is 0.317 e. The zero-order valence-electron chi connectivity index (χ0n) is 9.16. The van der Waals surface area contributed by atoms with E-state index in [0.717, 1.165) is 6.42 Å². The lowest BCUT2D eigenvalue weighted by Crippen LogP contribution is -2.41. The van der Waals surface area contributed by atoms with Gasteiger partial charge in [0.25, 0.3) is 0 Å². The molecule has 0 aliphatic carbocycles. The van der Waals surface area contributed by atoms with E-state index in [-0.39, 0.29) is 12.6 Å². The number of hydrogen-bond acceptors (Lipinski definition) is 2. The first-order valence-electron chi connectivity index (χ1n) is 4.92. The van der Waals surface area contributed by atoms with Gasteiger partial charge >= 0.3 is 5.97 Å². The van der Waals surface area contributed by atoms with Gasteiger partial charge in [0.15, 0.2) is 0 Å². The molecular formula is C11H19NO2. The maximum absolute atomic E-state index is 10.6. The molecule has 0 aromatic heterocycles. The van der Waals surface area contributed by atoms with Crippen LogP contribution in [0.1, 0.15) is 27.2 Å². The van der Waals surface area contributed by atoms with Crippen LogP contribution in [0.25, 0.3) is 0 Å². The molecule has 0 amide bonds. The summed E-state index contributed by atoms with van der Waals surface area (Å²) >= 11 is 0. The zero-order valence-corrected chi connectivity index (χ0v) is 9.16. The molecule has 0 bridgehead atoms. The summed E-state index contributed by atoms with van der Waals surface area (Å²) in [5.74, 6) is 2.13. The third-order valence-electron chi connectivity index (χ3n) is 2.68. The van der Waals surface area contributed by atoms with Crippen molar-refractivity contribution in [3.8, 4) is 12.3 Å². The summed E-state index contributed by atoms with van der Waals surface area (Å²) < 4.78 is 0. The molecule has 0 saturated carbocycles. The van der Waals surface area contributed by atoms with Crippen LogP contribution < -0.4 is 0 Å². The van der Waals surface area contributed by atoms with Crippen LogP contribution in [0.4, 0.5) is 0 Å². The normalized spacial score (nSPS) is 14.8. The lowest BCUT2D eigenvalue weighted by Gasteiger charge is -2.29. The average Bonchev–Trinajstić information content (AvgIpc) is 2.14. The van der Waals surface area contributed by atoms with E-state index in [2.05, 4.69) is 19.8 Å². The molecule has 2 unspecified atom stereocenters. The predicted molar refractivity (Wildman–Crippen MR) is 57.0 cm³/mol. The van der Waals surface area contributed by atoms with Crippen LogP contribution in [-0.2, 0) is 4.79 Å². The molecule has 80 valence electrons. The molecule has 3 nitrogen and oxygen atoms in total. The third-order valence-corrected chi connectivity index (χ3v) is 2.68. The minimum absolute atomic E-state index is 0.0235. The monoisotopic (exact) mass is 197 g/mol. The van der Waals surface area contributed by atoms with Crippen molar-refractivity contribution in [1.29, 1.82) is 0 Å². The maximum Gasteiger partial charge on any atom is 0.317 e. The van der Waals surface area contributed by atoms with Crippen LogP contribution >= 0.6 is 0 Å². The van der Waals surface area contributed by atoms with Gasteiger partial charge in [0.2, 0.25) is 0 Å². The Morgan fingerprint density at radius 3 is 2.50 bits per heavy atom. The molecule has 0 heterocycles. The zero-order chi connectivity index (χ0) is 11.1. The van der Waals surface area contributed by atoms with Crippen molar-refractivity contribution in [2.24, 2.45) is 5.92 Å². The van der Waals surface area contributed by atoms with E-state index in [0.29, 0.717) is 12.5 Å². The Hall–Kier alpha value is -1.01. The number of rotatable bonds is 6. The largest absolute Gasteiger partial charge is 0.480 e. The van der Waals surface area contributed by atoms with Gasteiger partial charge in [-0.2, -0.15) is 0 Å². The SMILES string of the molecule is C#CCN(CC(=O)O)C(C)C(C)CC. The second-order valence-electron chi connectivity index (χ2n) is 3.63. The molecule has 1 N–H and O–H groups in total. The van der Waals surface area contributed by atoms with Crippen molar-refractivity contribution in [3.63, 3.8) is 0 Å². The molecule has 0 fully saturated rings. The Balaban J connectivity index is 4.32. The lowest BCUT2D eigenvalue weighted by molar-refractivity contribution is -0.138. The van der Waals surface area contributed by atoms with E-state index in [9.17, 15) is 4.79 Å². The van der Waals surface area contributed by atoms with Gasteiger partial charge in [-0.15, -0.1) is 6.42 Å². The molecular weight excluding hydrogens is 178 g/mol. The Kier molecular flexibility index (Phi) is 5.98. The van der Waals surface area contributed by atoms with Gasteiger partial charge in [-0.25, -0.2) is 0 Å². The van der Waals surface area contributed by atoms with Crippen molar-refractivity contribution in [2.75, 3.05) is 13.1 Å². The Bertz CT molecular complexity index is 220. The maximum atomic E-state index is 10.6. The molecule has 0 saturated heterocycles. The van der Waals surface area contributed by atoms with Crippen LogP contribution in [0.5, 0.6) is 0 Å². The van der Waals surface area contributed by atoms with Crippen molar-refractivity contribution in [1.82, 2.24) is 4.90 Å². The molecule has 3 heteroatoms. The summed E-state index contributed by atoms with van der Waals surface area (Å²) in [6.07, 6.45) is 6.23. The predicted octanol–water partition coefficient (Wildman–Crippen LogP) is 1.44. The fourth-order valence-electron chi connectivity index (χ4n) is 1.34. The summed E-state index contributed by atoms with van der Waals surface area (Å²) in [6, 6.07) is 0.215. The highest BCUT2D eigenvalue weighted by atomic mass is 16.4. The highest BCUT2D eigenvalue weighted by Crippen LogP contribution is 2.13. The first kappa shape index (κ1) is 13.0. The van der Waals surface area contributed by atoms with Crippen LogP contribution in [0.15, 0.2) is 0 Å². The number of carboxylic acid groups (broad SMARTS) is 1. The number of terminal acetylenes is 1. The first-order chi connectivity index (χ1) is 6.52. The van der Waals surface area contributed by atoms with Crippen LogP contribution in [-0.4, -0.2) is 35.1 Å². The van der Waals surface area contributed by atoms with Gasteiger partial charge in [-0.3, -0.25) is 9.69 Å². The Morgan fingerprint density at radius 2 is 2.14 bits per heavy atom. The molecule has 0 radical (unpaired) electrons. The minimum Gasteiger partial charge on any atom is -0.480 e. The van der Waals surface area contributed by atoms with E-state index in [1.165, 1.54) is 0 Å². The number of carboxylic acids is 1. The number of nitrogens with zero attached hydrogens (tertiary/aromatic N) is 1. The quantitative estimate of drug-likeness (QED) is 0.655. The van der Waals surface area contributed by atoms with Crippen molar-refractivity contribution < 1.29 is 9.90 Å². The lowest BCUT2D eigenvalue weighted by atomic mass is 9.99. The van der Waals surface area contributed by atoms with E-state index >= 15 is 0 Å². The summed E-state index contributed by atoms with van der Waals surface area (Å²) in [5.41, 5.74) is 0. The number of carbonyl (C=O) groups is 1. The van der Waals surface area contributed by atoms with Crippen LogP contribution in [0.3, 0.4) is 0 Å². The van der Waals surface area contributed by atoms with E-state index in [4.69, 9.17) is 11.5 Å². The standard InChI is InChI=1S/C11H19NO2/c1-5-7-12(8-11(13)14)10(4)9(3)6-2/h1,9-10H,6-8H2,2-4H3,(H,13,14). The summed E-state index contributed by atoms with van der Waals surface area (Å²) in [6.45, 7) is 6.65. The average molecular weight is 197 g/mol. The second-order valence-corrected chi connectivity index (χ2v) is 3.63. The molecule has 0 spiro atoms. The van der Waals surface area contributed by atoms with Gasteiger partial charge in [0, 0.05) is 6.04 Å². The molecule has 0 rings (SSSR count). The number of aliphatic carboxylic acids is 1. The molecule has 2 atom stereocenters. The molecule has 0 aromatic rings. The van der Waals surface area contributed by atoms with E-state index in [1.54, 1.807) is 0 Å². The van der Waals surface area contributed by atoms with Gasteiger partial charge in [-0.05, 0) is 12.8 Å². The van der Waals surface area contributed by atoms with Crippen molar-refractivity contribution in [2.45, 2.75) is 33.2 Å². The Morgan fingerprint density at radius 1 is 1.57 bits per heavy atom. The highest BCUT2D eigenvalue weighted by molar-refractivity contribution is 5.69. The fourth-order valence-corrected chi connectivity index (χ4v) is 1.34. The highest BCUT2D eigenvalue weighted by Gasteiger charge is 2.19. The summed E-state index contributed by atoms with van der Waals surface area (Å²) in [7, 11) is 0. The van der Waals surface area contributed by atoms with Gasteiger partial charge in [0.05, 0.1) is 13.1 Å². The van der Waals surface area contributed by atoms with Gasteiger partial charge < -0.3 is 5.11 Å². The van der Waals surface area contributed by atoms with Crippen molar-refractivity contribution >= 4 is 5.97 Å². The van der Waals surface area contributed by atoms with E-state index < -0.39 is 5.97 Å². The molecule has 0 aromatic carbocycles. The topological polar surface area (TPSA) is 40.5 Å². The summed E-state index contributed by atoms with van der Waals surface area (Å²) in [4.78, 5) is 12.4. The van der Waals surface area contributed by atoms with E-state index in [1.807, 2.05) is 11.8 Å². The van der Waals surface area contributed by atoms with Crippen molar-refractivity contribution in [3.05, 3.63) is 0 Å². The Labute approximate surface area is 86.1 Å². The fraction of sp³-hybridized carbons (Fsp3) is 0.727. The van der Waals surface area contributed by atoms with Gasteiger partial charge in [-0.1, -0.05) is 26.2 Å². The second kappa shape index (κ2) is 6.44. The molecule has 0 aliphatic rings. The minimum atomic E-state index is -0.824. The molecule has 0 aliphatic heterocycles. The number of hydrogen-bond donors (Lipinski definition) is 1.